The molecule has 6 heteroatoms. The van der Waals surface area contributed by atoms with Crippen LogP contribution in [0.25, 0.3) is 0 Å². The standard InChI is InChI=1S/C14H22N6/c1-10(2)14-17-11-8-15-6-4-12(11)20(14)7-5-13-18-16-9-19(13)3/h9-10,15H,4-8H2,1-3H3. The van der Waals surface area contributed by atoms with E-state index in [1.54, 1.807) is 6.33 Å². The van der Waals surface area contributed by atoms with Crippen molar-refractivity contribution in [2.45, 2.75) is 45.7 Å². The van der Waals surface area contributed by atoms with Crippen molar-refractivity contribution in [1.82, 2.24) is 29.6 Å². The second kappa shape index (κ2) is 5.36. The molecule has 2 aromatic rings. The van der Waals surface area contributed by atoms with Gasteiger partial charge in [-0.15, -0.1) is 10.2 Å². The lowest BCUT2D eigenvalue weighted by molar-refractivity contribution is 0.555. The van der Waals surface area contributed by atoms with E-state index in [4.69, 9.17) is 4.98 Å². The Bertz CT molecular complexity index is 595. The van der Waals surface area contributed by atoms with Crippen molar-refractivity contribution in [2.75, 3.05) is 6.54 Å². The van der Waals surface area contributed by atoms with Gasteiger partial charge in [-0.05, 0) is 0 Å². The van der Waals surface area contributed by atoms with E-state index in [-0.39, 0.29) is 0 Å². The summed E-state index contributed by atoms with van der Waals surface area (Å²) in [7, 11) is 1.99. The summed E-state index contributed by atoms with van der Waals surface area (Å²) in [5.41, 5.74) is 2.62. The van der Waals surface area contributed by atoms with Crippen molar-refractivity contribution in [3.8, 4) is 0 Å². The first kappa shape index (κ1) is 13.3. The maximum absolute atomic E-state index is 4.83. The predicted octanol–water partition coefficient (Wildman–Crippen LogP) is 1.02. The van der Waals surface area contributed by atoms with Crippen molar-refractivity contribution in [2.24, 2.45) is 7.05 Å². The zero-order chi connectivity index (χ0) is 14.1. The second-order valence-electron chi connectivity index (χ2n) is 5.70. The maximum atomic E-state index is 4.83. The zero-order valence-electron chi connectivity index (χ0n) is 12.4. The Morgan fingerprint density at radius 3 is 2.95 bits per heavy atom. The lowest BCUT2D eigenvalue weighted by Crippen LogP contribution is -2.25. The van der Waals surface area contributed by atoms with E-state index < -0.39 is 0 Å². The lowest BCUT2D eigenvalue weighted by atomic mass is 10.1. The summed E-state index contributed by atoms with van der Waals surface area (Å²) in [6, 6.07) is 0. The monoisotopic (exact) mass is 274 g/mol. The van der Waals surface area contributed by atoms with Crippen LogP contribution in [0, 0.1) is 0 Å². The first-order valence-electron chi connectivity index (χ1n) is 7.28. The lowest BCUT2D eigenvalue weighted by Gasteiger charge is -2.17. The molecule has 1 N–H and O–H groups in total. The summed E-state index contributed by atoms with van der Waals surface area (Å²) in [5, 5.41) is 11.5. The minimum Gasteiger partial charge on any atom is -0.331 e. The van der Waals surface area contributed by atoms with Crippen molar-refractivity contribution in [1.29, 1.82) is 0 Å². The molecule has 0 atom stereocenters. The van der Waals surface area contributed by atoms with Crippen LogP contribution in [0.4, 0.5) is 0 Å². The largest absolute Gasteiger partial charge is 0.331 e. The van der Waals surface area contributed by atoms with Gasteiger partial charge in [-0.1, -0.05) is 13.8 Å². The van der Waals surface area contributed by atoms with Crippen LogP contribution in [-0.2, 0) is 33.0 Å². The number of aromatic nitrogens is 5. The number of nitrogens with one attached hydrogen (secondary N) is 1. The van der Waals surface area contributed by atoms with E-state index >= 15 is 0 Å². The van der Waals surface area contributed by atoms with Crippen LogP contribution in [-0.4, -0.2) is 30.9 Å². The molecule has 0 bridgehead atoms. The number of imidazole rings is 1. The Labute approximate surface area is 119 Å². The van der Waals surface area contributed by atoms with E-state index in [9.17, 15) is 0 Å². The summed E-state index contributed by atoms with van der Waals surface area (Å²) < 4.78 is 4.38. The van der Waals surface area contributed by atoms with Crippen molar-refractivity contribution in [3.05, 3.63) is 29.4 Å². The van der Waals surface area contributed by atoms with Gasteiger partial charge in [0.15, 0.2) is 0 Å². The zero-order valence-corrected chi connectivity index (χ0v) is 12.4. The molecular formula is C14H22N6. The molecule has 1 aliphatic heterocycles. The number of aryl methyl sites for hydroxylation is 2. The fourth-order valence-electron chi connectivity index (χ4n) is 2.83. The topological polar surface area (TPSA) is 60.6 Å². The summed E-state index contributed by atoms with van der Waals surface area (Å²) in [6.07, 6.45) is 3.71. The Morgan fingerprint density at radius 1 is 1.40 bits per heavy atom. The molecule has 0 radical (unpaired) electrons. The molecule has 0 spiro atoms. The minimum atomic E-state index is 0.445. The fraction of sp³-hybridized carbons (Fsp3) is 0.643. The number of hydrogen-bond donors (Lipinski definition) is 1. The molecule has 0 saturated heterocycles. The Kier molecular flexibility index (Phi) is 3.56. The van der Waals surface area contributed by atoms with E-state index in [0.717, 1.165) is 38.3 Å². The first-order chi connectivity index (χ1) is 9.66. The predicted molar refractivity (Wildman–Crippen MR) is 76.4 cm³/mol. The normalized spacial score (nSPS) is 14.8. The second-order valence-corrected chi connectivity index (χ2v) is 5.70. The molecule has 0 amide bonds. The van der Waals surface area contributed by atoms with Gasteiger partial charge in [-0.3, -0.25) is 0 Å². The summed E-state index contributed by atoms with van der Waals surface area (Å²) in [4.78, 5) is 4.83. The fourth-order valence-corrected chi connectivity index (χ4v) is 2.83. The van der Waals surface area contributed by atoms with Crippen LogP contribution in [0.15, 0.2) is 6.33 Å². The van der Waals surface area contributed by atoms with Gasteiger partial charge in [0.2, 0.25) is 0 Å². The highest BCUT2D eigenvalue weighted by Gasteiger charge is 2.21. The highest BCUT2D eigenvalue weighted by molar-refractivity contribution is 5.21. The van der Waals surface area contributed by atoms with Crippen molar-refractivity contribution >= 4 is 0 Å². The third-order valence-electron chi connectivity index (χ3n) is 3.90. The molecule has 20 heavy (non-hydrogen) atoms. The molecule has 3 rings (SSSR count). The highest BCUT2D eigenvalue weighted by Crippen LogP contribution is 2.22. The number of rotatable bonds is 4. The average molecular weight is 274 g/mol. The molecule has 0 saturated carbocycles. The Morgan fingerprint density at radius 2 is 2.25 bits per heavy atom. The van der Waals surface area contributed by atoms with Gasteiger partial charge in [0.1, 0.15) is 18.0 Å². The summed E-state index contributed by atoms with van der Waals surface area (Å²) in [5.74, 6) is 2.66. The number of fused-ring (bicyclic) bond motifs is 1. The van der Waals surface area contributed by atoms with Crippen LogP contribution in [0.5, 0.6) is 0 Å². The van der Waals surface area contributed by atoms with Crippen LogP contribution in [0.1, 0.15) is 42.8 Å². The maximum Gasteiger partial charge on any atom is 0.134 e. The molecule has 108 valence electrons. The molecule has 0 aliphatic carbocycles. The van der Waals surface area contributed by atoms with Gasteiger partial charge in [0.05, 0.1) is 5.69 Å². The quantitative estimate of drug-likeness (QED) is 0.904. The molecule has 2 aromatic heterocycles. The van der Waals surface area contributed by atoms with Crippen LogP contribution >= 0.6 is 0 Å². The molecule has 1 aliphatic rings. The summed E-state index contributed by atoms with van der Waals surface area (Å²) >= 11 is 0. The first-order valence-corrected chi connectivity index (χ1v) is 7.28. The molecule has 0 fully saturated rings. The van der Waals surface area contributed by atoms with Gasteiger partial charge < -0.3 is 14.5 Å². The van der Waals surface area contributed by atoms with Gasteiger partial charge in [0.25, 0.3) is 0 Å². The van der Waals surface area contributed by atoms with Gasteiger partial charge >= 0.3 is 0 Å². The molecular weight excluding hydrogens is 252 g/mol. The Balaban J connectivity index is 1.87. The molecule has 0 unspecified atom stereocenters. The van der Waals surface area contributed by atoms with E-state index in [1.807, 2.05) is 11.6 Å². The average Bonchev–Trinajstić information content (AvgIpc) is 3.00. The van der Waals surface area contributed by atoms with E-state index in [0.29, 0.717) is 5.92 Å². The van der Waals surface area contributed by atoms with Gasteiger partial charge in [0, 0.05) is 51.1 Å². The third kappa shape index (κ3) is 2.35. The highest BCUT2D eigenvalue weighted by atomic mass is 15.2. The van der Waals surface area contributed by atoms with Crippen molar-refractivity contribution < 1.29 is 0 Å². The van der Waals surface area contributed by atoms with Crippen LogP contribution in [0.3, 0.4) is 0 Å². The van der Waals surface area contributed by atoms with E-state index in [1.165, 1.54) is 17.2 Å². The summed E-state index contributed by atoms with van der Waals surface area (Å²) in [6.45, 7) is 7.29. The molecule has 0 aromatic carbocycles. The van der Waals surface area contributed by atoms with Crippen LogP contribution < -0.4 is 5.32 Å². The molecule has 3 heterocycles. The third-order valence-corrected chi connectivity index (χ3v) is 3.90. The van der Waals surface area contributed by atoms with Crippen molar-refractivity contribution in [3.63, 3.8) is 0 Å². The Hall–Kier alpha value is -1.69. The number of nitrogens with zero attached hydrogens (tertiary/aromatic N) is 5. The minimum absolute atomic E-state index is 0.445. The van der Waals surface area contributed by atoms with Gasteiger partial charge in [-0.25, -0.2) is 4.98 Å². The smallest absolute Gasteiger partial charge is 0.134 e. The van der Waals surface area contributed by atoms with E-state index in [2.05, 4.69) is 33.9 Å². The van der Waals surface area contributed by atoms with Gasteiger partial charge in [-0.2, -0.15) is 0 Å². The SMILES string of the molecule is CC(C)c1nc2c(n1CCc1nncn1C)CCNC2. The number of hydrogen-bond acceptors (Lipinski definition) is 4. The molecule has 6 nitrogen and oxygen atoms in total. The van der Waals surface area contributed by atoms with Crippen LogP contribution in [0.2, 0.25) is 0 Å².